The molecule has 0 saturated heterocycles. The number of hydrogen-bond donors (Lipinski definition) is 1. The summed E-state index contributed by atoms with van der Waals surface area (Å²) in [6.07, 6.45) is 0. The van der Waals surface area contributed by atoms with Crippen molar-refractivity contribution in [2.45, 2.75) is 0 Å². The molecule has 0 aromatic carbocycles. The minimum absolute atomic E-state index is 0.0694. The first-order valence-electron chi connectivity index (χ1n) is 3.17. The number of nitrogens with zero attached hydrogens (tertiary/aromatic N) is 1. The van der Waals surface area contributed by atoms with Crippen molar-refractivity contribution in [3.05, 3.63) is 0 Å². The van der Waals surface area contributed by atoms with Gasteiger partial charge in [0.1, 0.15) is 0 Å². The lowest BCUT2D eigenvalue weighted by Gasteiger charge is -2.14. The van der Waals surface area contributed by atoms with E-state index < -0.39 is 20.8 Å². The van der Waals surface area contributed by atoms with Gasteiger partial charge in [-0.3, -0.25) is 0 Å². The van der Waals surface area contributed by atoms with Crippen LogP contribution in [0.25, 0.3) is 0 Å². The van der Waals surface area contributed by atoms with Gasteiger partial charge in [-0.1, -0.05) is 11.9 Å². The van der Waals surface area contributed by atoms with Crippen LogP contribution in [0.5, 0.6) is 0 Å². The Labute approximate surface area is 82.8 Å². The van der Waals surface area contributed by atoms with E-state index in [0.29, 0.717) is 0 Å². The first-order valence-corrected chi connectivity index (χ1v) is 5.94. The molecule has 0 unspecified atom stereocenters. The van der Waals surface area contributed by atoms with Gasteiger partial charge >= 0.3 is 20.8 Å². The lowest BCUT2D eigenvalue weighted by atomic mass is 10.8. The second-order valence-electron chi connectivity index (χ2n) is 3.64. The van der Waals surface area contributed by atoms with Crippen LogP contribution in [-0.2, 0) is 20.8 Å². The van der Waals surface area contributed by atoms with E-state index in [9.17, 15) is 24.6 Å². The van der Waals surface area contributed by atoms with E-state index in [1.54, 1.807) is 0 Å². The summed E-state index contributed by atoms with van der Waals surface area (Å²) in [5.41, 5.74) is 0. The predicted molar refractivity (Wildman–Crippen MR) is 47.1 cm³/mol. The maximum Gasteiger partial charge on any atom is 0.387 e. The Morgan fingerprint density at radius 3 is 1.00 bits per heavy atom. The lowest BCUT2D eigenvalue weighted by molar-refractivity contribution is -0.849. The number of hydrogen-bond acceptors (Lipinski definition) is 4. The molecule has 0 aromatic rings. The van der Waals surface area contributed by atoms with Gasteiger partial charge in [-0.15, -0.1) is 0 Å². The smallest absolute Gasteiger partial charge is 0.333 e. The van der Waals surface area contributed by atoms with Crippen molar-refractivity contribution >= 4 is 20.8 Å². The topological polar surface area (TPSA) is 80.3 Å². The van der Waals surface area contributed by atoms with Crippen molar-refractivity contribution in [3.63, 3.8) is 0 Å². The zero-order valence-corrected chi connectivity index (χ0v) is 9.79. The molecule has 6 nitrogen and oxygen atoms in total. The molecule has 0 bridgehead atoms. The Balaban J connectivity index is 0. The molecule has 14 heavy (non-hydrogen) atoms. The van der Waals surface area contributed by atoms with Crippen LogP contribution in [0.4, 0.5) is 7.77 Å². The highest BCUT2D eigenvalue weighted by atomic mass is 32.3. The van der Waals surface area contributed by atoms with Gasteiger partial charge in [0.25, 0.3) is 0 Å². The predicted octanol–water partition coefficient (Wildman–Crippen LogP) is -0.673. The Hall–Kier alpha value is -0.320. The summed E-state index contributed by atoms with van der Waals surface area (Å²) in [5, 5.41) is 0. The minimum atomic E-state index is -5.49. The number of halogens is 2. The van der Waals surface area contributed by atoms with E-state index in [4.69, 9.17) is 0 Å². The molecule has 0 aliphatic rings. The summed E-state index contributed by atoms with van der Waals surface area (Å²) in [5.74, 6) is 0. The van der Waals surface area contributed by atoms with Crippen molar-refractivity contribution in [1.29, 1.82) is 0 Å². The molecule has 88 valence electrons. The summed E-state index contributed by atoms with van der Waals surface area (Å²) in [4.78, 5) is 0. The van der Waals surface area contributed by atoms with Crippen LogP contribution in [0.1, 0.15) is 0 Å². The summed E-state index contributed by atoms with van der Waals surface area (Å²) < 4.78 is 60.3. The average Bonchev–Trinajstić information content (AvgIpc) is 1.42. The van der Waals surface area contributed by atoms with Crippen LogP contribution in [0.2, 0.25) is 0 Å². The molecule has 0 aromatic heterocycles. The zero-order valence-electron chi connectivity index (χ0n) is 8.15. The normalized spacial score (nSPS) is 13.0. The second-order valence-corrected chi connectivity index (χ2v) is 6.06. The van der Waals surface area contributed by atoms with Crippen LogP contribution < -0.4 is 4.13 Å². The molecule has 10 heteroatoms. The molecule has 0 rings (SSSR count). The van der Waals surface area contributed by atoms with Crippen molar-refractivity contribution in [2.24, 2.45) is 0 Å². The fourth-order valence-electron chi connectivity index (χ4n) is 0.119. The van der Waals surface area contributed by atoms with Gasteiger partial charge < -0.3 is 4.48 Å². The molecule has 1 N–H and O–H groups in total. The molecule has 0 radical (unpaired) electrons. The van der Waals surface area contributed by atoms with Gasteiger partial charge in [0.15, 0.2) is 0 Å². The van der Waals surface area contributed by atoms with E-state index in [0.717, 1.165) is 4.48 Å². The third kappa shape index (κ3) is 41.3. The molecular weight excluding hydrogens is 242 g/mol. The SMILES string of the molecule is C[N+](C)(C)C.O=S(=O)(F)NS(=O)(=O)F. The summed E-state index contributed by atoms with van der Waals surface area (Å²) in [6.45, 7) is 0. The largest absolute Gasteiger partial charge is 0.387 e. The van der Waals surface area contributed by atoms with Crippen molar-refractivity contribution in [3.8, 4) is 0 Å². The minimum Gasteiger partial charge on any atom is -0.333 e. The fourth-order valence-corrected chi connectivity index (χ4v) is 1.07. The van der Waals surface area contributed by atoms with E-state index in [1.165, 1.54) is 0 Å². The Morgan fingerprint density at radius 2 is 1.00 bits per heavy atom. The molecule has 0 spiro atoms. The van der Waals surface area contributed by atoms with Crippen LogP contribution in [-0.4, -0.2) is 49.5 Å². The monoisotopic (exact) mass is 255 g/mol. The van der Waals surface area contributed by atoms with Crippen LogP contribution >= 0.6 is 0 Å². The third-order valence-electron chi connectivity index (χ3n) is 0.199. The lowest BCUT2D eigenvalue weighted by Crippen LogP contribution is -2.27. The second kappa shape index (κ2) is 4.96. The molecule has 0 aliphatic carbocycles. The molecule has 0 aliphatic heterocycles. The quantitative estimate of drug-likeness (QED) is 0.524. The van der Waals surface area contributed by atoms with Gasteiger partial charge in [-0.25, -0.2) is 0 Å². The Kier molecular flexibility index (Phi) is 5.71. The van der Waals surface area contributed by atoms with Crippen molar-refractivity contribution in [1.82, 2.24) is 4.13 Å². The van der Waals surface area contributed by atoms with E-state index in [1.807, 2.05) is 0 Å². The van der Waals surface area contributed by atoms with Crippen LogP contribution in [0.15, 0.2) is 0 Å². The summed E-state index contributed by atoms with van der Waals surface area (Å²) in [6, 6.07) is 0. The van der Waals surface area contributed by atoms with Crippen LogP contribution in [0, 0.1) is 0 Å². The molecule has 0 amide bonds. The first-order chi connectivity index (χ1) is 5.71. The highest BCUT2D eigenvalue weighted by Gasteiger charge is 2.17. The molecule has 0 saturated carbocycles. The third-order valence-corrected chi connectivity index (χ3v) is 1.79. The average molecular weight is 255 g/mol. The summed E-state index contributed by atoms with van der Waals surface area (Å²) in [7, 11) is -2.49. The van der Waals surface area contributed by atoms with Gasteiger partial charge in [0.2, 0.25) is 0 Å². The van der Waals surface area contributed by atoms with E-state index in [-0.39, 0.29) is 4.13 Å². The highest BCUT2D eigenvalue weighted by molar-refractivity contribution is 7.99. The van der Waals surface area contributed by atoms with Crippen molar-refractivity contribution < 1.29 is 29.1 Å². The van der Waals surface area contributed by atoms with Gasteiger partial charge in [-0.2, -0.15) is 16.8 Å². The Bertz CT molecular complexity index is 319. The molecule has 0 fully saturated rings. The zero-order chi connectivity index (χ0) is 12.2. The number of nitrogens with one attached hydrogen (secondary N) is 1. The van der Waals surface area contributed by atoms with E-state index >= 15 is 0 Å². The van der Waals surface area contributed by atoms with Gasteiger partial charge in [-0.05, 0) is 0 Å². The van der Waals surface area contributed by atoms with Crippen molar-refractivity contribution in [2.75, 3.05) is 28.2 Å². The standard InChI is InChI=1S/C4H12N.F2HNO4S2/c1-5(2,3)4;1-8(4,5)3-9(2,6)7/h1-4H3;3H/q+1;. The maximum absolute atomic E-state index is 11.1. The Morgan fingerprint density at radius 1 is 0.857 bits per heavy atom. The van der Waals surface area contributed by atoms with E-state index in [2.05, 4.69) is 28.2 Å². The summed E-state index contributed by atoms with van der Waals surface area (Å²) >= 11 is 0. The number of quaternary nitrogens is 1. The molecular formula is C4H13F2N2O4S2+. The number of rotatable bonds is 2. The highest BCUT2D eigenvalue weighted by Crippen LogP contribution is 1.90. The van der Waals surface area contributed by atoms with Gasteiger partial charge in [0.05, 0.1) is 28.2 Å². The van der Waals surface area contributed by atoms with Crippen LogP contribution in [0.3, 0.4) is 0 Å². The molecule has 0 atom stereocenters. The maximum atomic E-state index is 11.1. The fraction of sp³-hybridized carbons (Fsp3) is 1.00. The van der Waals surface area contributed by atoms with Gasteiger partial charge in [0, 0.05) is 0 Å². The first kappa shape index (κ1) is 16.1. The molecule has 0 heterocycles.